The molecule has 0 heterocycles. The average Bonchev–Trinajstić information content (AvgIpc) is 2.36. The van der Waals surface area contributed by atoms with E-state index in [4.69, 9.17) is 21.4 Å². The molecule has 19 heavy (non-hydrogen) atoms. The molecule has 6 heteroatoms. The van der Waals surface area contributed by atoms with Gasteiger partial charge >= 0.3 is 5.97 Å². The Labute approximate surface area is 118 Å². The molecule has 0 fully saturated rings. The number of benzene rings is 1. The maximum atomic E-state index is 11.1. The van der Waals surface area contributed by atoms with E-state index in [-0.39, 0.29) is 10.6 Å². The highest BCUT2D eigenvalue weighted by Crippen LogP contribution is 2.24. The third kappa shape index (κ3) is 5.06. The van der Waals surface area contributed by atoms with Crippen LogP contribution in [0.4, 0.5) is 5.69 Å². The van der Waals surface area contributed by atoms with Crippen LogP contribution >= 0.6 is 11.6 Å². The molecule has 0 aromatic heterocycles. The molecule has 0 aliphatic rings. The smallest absolute Gasteiger partial charge is 0.339 e. The molecule has 2 N–H and O–H groups in total. The van der Waals surface area contributed by atoms with Gasteiger partial charge in [-0.3, -0.25) is 0 Å². The first-order valence-electron chi connectivity index (χ1n) is 5.99. The Balaban J connectivity index is 2.54. The summed E-state index contributed by atoms with van der Waals surface area (Å²) in [5, 5.41) is 12.5. The Morgan fingerprint density at radius 2 is 2.21 bits per heavy atom. The number of aromatic carboxylic acids is 1. The number of hydrogen-bond acceptors (Lipinski definition) is 4. The normalized spacial score (nSPS) is 10.7. The molecule has 0 saturated heterocycles. The van der Waals surface area contributed by atoms with E-state index >= 15 is 0 Å². The van der Waals surface area contributed by atoms with Crippen LogP contribution in [0, 0.1) is 0 Å². The fourth-order valence-electron chi connectivity index (χ4n) is 1.63. The highest BCUT2D eigenvalue weighted by atomic mass is 35.5. The van der Waals surface area contributed by atoms with Gasteiger partial charge in [0.2, 0.25) is 0 Å². The topological polar surface area (TPSA) is 61.8 Å². The van der Waals surface area contributed by atoms with Crippen LogP contribution in [0.2, 0.25) is 5.02 Å². The minimum atomic E-state index is -1.03. The molecule has 0 spiro atoms. The van der Waals surface area contributed by atoms with Crippen LogP contribution in [0.25, 0.3) is 0 Å². The summed E-state index contributed by atoms with van der Waals surface area (Å²) >= 11 is 5.89. The zero-order chi connectivity index (χ0) is 14.3. The molecule has 106 valence electrons. The number of likely N-dealkylation sites (N-methyl/N-ethyl adjacent to an activating group) is 1. The zero-order valence-electron chi connectivity index (χ0n) is 11.1. The number of methoxy groups -OCH3 is 1. The maximum Gasteiger partial charge on any atom is 0.339 e. The molecule has 1 aromatic rings. The minimum Gasteiger partial charge on any atom is -0.478 e. The van der Waals surface area contributed by atoms with Gasteiger partial charge in [0.05, 0.1) is 17.3 Å². The van der Waals surface area contributed by atoms with Gasteiger partial charge in [-0.25, -0.2) is 4.79 Å². The number of nitrogens with one attached hydrogen (secondary N) is 1. The highest BCUT2D eigenvalue weighted by molar-refractivity contribution is 6.34. The summed E-state index contributed by atoms with van der Waals surface area (Å²) in [6.07, 6.45) is 0. The van der Waals surface area contributed by atoms with Crippen molar-refractivity contribution in [2.24, 2.45) is 0 Å². The van der Waals surface area contributed by atoms with Crippen molar-refractivity contribution in [3.8, 4) is 0 Å². The largest absolute Gasteiger partial charge is 0.478 e. The summed E-state index contributed by atoms with van der Waals surface area (Å²) in [5.41, 5.74) is 0.656. The minimum absolute atomic E-state index is 0.115. The maximum absolute atomic E-state index is 11.1. The van der Waals surface area contributed by atoms with Crippen LogP contribution in [0.3, 0.4) is 0 Å². The van der Waals surface area contributed by atoms with Gasteiger partial charge in [0.25, 0.3) is 0 Å². The van der Waals surface area contributed by atoms with E-state index in [0.29, 0.717) is 18.8 Å². The zero-order valence-corrected chi connectivity index (χ0v) is 11.9. The van der Waals surface area contributed by atoms with Gasteiger partial charge in [-0.05, 0) is 19.2 Å². The second kappa shape index (κ2) is 7.99. The van der Waals surface area contributed by atoms with E-state index in [1.807, 2.05) is 7.05 Å². The molecular weight excluding hydrogens is 268 g/mol. The summed E-state index contributed by atoms with van der Waals surface area (Å²) in [6.45, 7) is 2.93. The van der Waals surface area contributed by atoms with Crippen molar-refractivity contribution in [3.63, 3.8) is 0 Å². The number of carboxylic acids is 1. The van der Waals surface area contributed by atoms with Crippen molar-refractivity contribution >= 4 is 23.3 Å². The van der Waals surface area contributed by atoms with Crippen LogP contribution in [-0.2, 0) is 4.74 Å². The SMILES string of the molecule is COCCN(C)CCNc1cccc(Cl)c1C(=O)O. The van der Waals surface area contributed by atoms with E-state index in [9.17, 15) is 4.79 Å². The predicted octanol–water partition coefficient (Wildman–Crippen LogP) is 2.03. The summed E-state index contributed by atoms with van der Waals surface area (Å²) in [6, 6.07) is 5.01. The predicted molar refractivity (Wildman–Crippen MR) is 76.3 cm³/mol. The van der Waals surface area contributed by atoms with Gasteiger partial charge < -0.3 is 20.1 Å². The standard InChI is InChI=1S/C13H19ClN2O3/c1-16(8-9-19-2)7-6-15-11-5-3-4-10(14)12(11)13(17)18/h3-5,15H,6-9H2,1-2H3,(H,17,18). The average molecular weight is 287 g/mol. The molecule has 0 aliphatic heterocycles. The van der Waals surface area contributed by atoms with Gasteiger partial charge in [-0.15, -0.1) is 0 Å². The lowest BCUT2D eigenvalue weighted by Gasteiger charge is -2.17. The molecule has 5 nitrogen and oxygen atoms in total. The monoisotopic (exact) mass is 286 g/mol. The Kier molecular flexibility index (Phi) is 6.62. The molecule has 1 rings (SSSR count). The van der Waals surface area contributed by atoms with E-state index in [1.165, 1.54) is 0 Å². The first-order valence-corrected chi connectivity index (χ1v) is 6.37. The van der Waals surface area contributed by atoms with Gasteiger partial charge in [-0.1, -0.05) is 17.7 Å². The van der Waals surface area contributed by atoms with Crippen molar-refractivity contribution < 1.29 is 14.6 Å². The van der Waals surface area contributed by atoms with Crippen LogP contribution < -0.4 is 5.32 Å². The third-order valence-corrected chi connectivity index (χ3v) is 3.03. The quantitative estimate of drug-likeness (QED) is 0.766. The van der Waals surface area contributed by atoms with Crippen LogP contribution in [-0.4, -0.2) is 56.4 Å². The number of hydrogen-bond donors (Lipinski definition) is 2. The van der Waals surface area contributed by atoms with Gasteiger partial charge in [0, 0.05) is 26.7 Å². The van der Waals surface area contributed by atoms with E-state index in [2.05, 4.69) is 10.2 Å². The van der Waals surface area contributed by atoms with Gasteiger partial charge in [-0.2, -0.15) is 0 Å². The first-order chi connectivity index (χ1) is 9.06. The van der Waals surface area contributed by atoms with Crippen LogP contribution in [0.5, 0.6) is 0 Å². The summed E-state index contributed by atoms with van der Waals surface area (Å²) in [5.74, 6) is -1.03. The van der Waals surface area contributed by atoms with E-state index < -0.39 is 5.97 Å². The second-order valence-corrected chi connectivity index (χ2v) is 4.60. The summed E-state index contributed by atoms with van der Waals surface area (Å²) in [4.78, 5) is 13.2. The summed E-state index contributed by atoms with van der Waals surface area (Å²) in [7, 11) is 3.65. The number of ether oxygens (including phenoxy) is 1. The van der Waals surface area contributed by atoms with Gasteiger partial charge in [0.15, 0.2) is 0 Å². The third-order valence-electron chi connectivity index (χ3n) is 2.71. The molecule has 0 amide bonds. The Bertz CT molecular complexity index is 426. The second-order valence-electron chi connectivity index (χ2n) is 4.19. The Morgan fingerprint density at radius 3 is 2.84 bits per heavy atom. The Hall–Kier alpha value is -1.30. The number of carboxylic acid groups (broad SMARTS) is 1. The number of carbonyl (C=O) groups is 1. The van der Waals surface area contributed by atoms with Crippen LogP contribution in [0.1, 0.15) is 10.4 Å². The molecule has 0 bridgehead atoms. The van der Waals surface area contributed by atoms with Crippen molar-refractivity contribution in [1.82, 2.24) is 4.90 Å². The number of halogens is 1. The molecule has 0 aliphatic carbocycles. The highest BCUT2D eigenvalue weighted by Gasteiger charge is 2.13. The lowest BCUT2D eigenvalue weighted by molar-refractivity contribution is 0.0698. The van der Waals surface area contributed by atoms with E-state index in [0.717, 1.165) is 13.1 Å². The fraction of sp³-hybridized carbons (Fsp3) is 0.462. The van der Waals surface area contributed by atoms with Crippen molar-refractivity contribution in [2.45, 2.75) is 0 Å². The lowest BCUT2D eigenvalue weighted by Crippen LogP contribution is -2.28. The van der Waals surface area contributed by atoms with E-state index in [1.54, 1.807) is 25.3 Å². The Morgan fingerprint density at radius 1 is 1.47 bits per heavy atom. The number of rotatable bonds is 8. The number of anilines is 1. The fourth-order valence-corrected chi connectivity index (χ4v) is 1.88. The number of nitrogens with zero attached hydrogens (tertiary/aromatic N) is 1. The molecular formula is C13H19ClN2O3. The van der Waals surface area contributed by atoms with Crippen molar-refractivity contribution in [1.29, 1.82) is 0 Å². The van der Waals surface area contributed by atoms with Gasteiger partial charge in [0.1, 0.15) is 5.56 Å². The molecule has 0 atom stereocenters. The molecule has 0 unspecified atom stereocenters. The van der Waals surface area contributed by atoms with Crippen LogP contribution in [0.15, 0.2) is 18.2 Å². The molecule has 0 saturated carbocycles. The first kappa shape index (κ1) is 15.8. The summed E-state index contributed by atoms with van der Waals surface area (Å²) < 4.78 is 4.99. The molecule has 0 radical (unpaired) electrons. The molecule has 1 aromatic carbocycles. The van der Waals surface area contributed by atoms with Crippen molar-refractivity contribution in [3.05, 3.63) is 28.8 Å². The lowest BCUT2D eigenvalue weighted by atomic mass is 10.2. The van der Waals surface area contributed by atoms with Crippen molar-refractivity contribution in [2.75, 3.05) is 45.7 Å².